The molecular formula is C51H31N3O. The molecule has 0 aliphatic heterocycles. The molecule has 4 aromatic heterocycles. The van der Waals surface area contributed by atoms with Crippen molar-refractivity contribution >= 4 is 76.6 Å². The van der Waals surface area contributed by atoms with E-state index in [0.29, 0.717) is 0 Å². The Bertz CT molecular complexity index is 3490. The Morgan fingerprint density at radius 2 is 0.964 bits per heavy atom. The summed E-state index contributed by atoms with van der Waals surface area (Å²) in [6.45, 7) is 0. The highest BCUT2D eigenvalue weighted by Gasteiger charge is 2.20. The van der Waals surface area contributed by atoms with Crippen LogP contribution in [-0.4, -0.2) is 14.1 Å². The number of nitrogens with zero attached hydrogens (tertiary/aromatic N) is 3. The van der Waals surface area contributed by atoms with E-state index in [0.717, 1.165) is 61.0 Å². The van der Waals surface area contributed by atoms with Gasteiger partial charge >= 0.3 is 0 Å². The maximum atomic E-state index is 6.59. The molecule has 4 heteroatoms. The second-order valence-electron chi connectivity index (χ2n) is 14.3. The SMILES string of the molecule is c1ccc(-n2c3ccccc3c3cc(-c4ccc5c6ccccc6n(-c6cccc(-c7c8ccccc8nc8c7oc7ccccc78)c6)c5c4)ccc32)cc1. The van der Waals surface area contributed by atoms with Gasteiger partial charge < -0.3 is 13.6 Å². The quantitative estimate of drug-likeness (QED) is 0.183. The maximum Gasteiger partial charge on any atom is 0.162 e. The van der Waals surface area contributed by atoms with Crippen LogP contribution in [0, 0.1) is 0 Å². The predicted octanol–water partition coefficient (Wildman–Crippen LogP) is 13.7. The largest absolute Gasteiger partial charge is 0.454 e. The van der Waals surface area contributed by atoms with Crippen LogP contribution in [0.4, 0.5) is 0 Å². The van der Waals surface area contributed by atoms with E-state index in [1.54, 1.807) is 0 Å². The summed E-state index contributed by atoms with van der Waals surface area (Å²) in [5.41, 5.74) is 15.0. The predicted molar refractivity (Wildman–Crippen MR) is 229 cm³/mol. The molecule has 8 aromatic carbocycles. The number of hydrogen-bond donors (Lipinski definition) is 0. The molecule has 4 heterocycles. The van der Waals surface area contributed by atoms with Gasteiger partial charge in [0.05, 0.1) is 27.6 Å². The van der Waals surface area contributed by atoms with Crippen molar-refractivity contribution < 1.29 is 4.42 Å². The van der Waals surface area contributed by atoms with E-state index in [-0.39, 0.29) is 0 Å². The van der Waals surface area contributed by atoms with E-state index in [1.807, 2.05) is 18.2 Å². The third-order valence-electron chi connectivity index (χ3n) is 11.3. The number of furan rings is 1. The van der Waals surface area contributed by atoms with Crippen LogP contribution >= 0.6 is 0 Å². The van der Waals surface area contributed by atoms with Crippen molar-refractivity contribution in [2.24, 2.45) is 0 Å². The van der Waals surface area contributed by atoms with Gasteiger partial charge in [0, 0.05) is 49.3 Å². The zero-order valence-corrected chi connectivity index (χ0v) is 29.6. The molecule has 0 atom stereocenters. The smallest absolute Gasteiger partial charge is 0.162 e. The topological polar surface area (TPSA) is 35.9 Å². The second kappa shape index (κ2) is 11.5. The summed E-state index contributed by atoms with van der Waals surface area (Å²) in [4.78, 5) is 5.10. The highest BCUT2D eigenvalue weighted by molar-refractivity contribution is 6.16. The zero-order chi connectivity index (χ0) is 36.0. The van der Waals surface area contributed by atoms with Crippen molar-refractivity contribution in [2.75, 3.05) is 0 Å². The lowest BCUT2D eigenvalue weighted by atomic mass is 9.99. The van der Waals surface area contributed by atoms with Crippen molar-refractivity contribution in [1.29, 1.82) is 0 Å². The Morgan fingerprint density at radius 3 is 1.80 bits per heavy atom. The van der Waals surface area contributed by atoms with Gasteiger partial charge in [-0.3, -0.25) is 0 Å². The summed E-state index contributed by atoms with van der Waals surface area (Å²) in [5, 5.41) is 7.03. The van der Waals surface area contributed by atoms with Crippen LogP contribution in [0.25, 0.3) is 110 Å². The van der Waals surface area contributed by atoms with Crippen LogP contribution in [0.3, 0.4) is 0 Å². The van der Waals surface area contributed by atoms with E-state index in [1.165, 1.54) is 49.2 Å². The molecule has 0 aliphatic rings. The van der Waals surface area contributed by atoms with E-state index in [9.17, 15) is 0 Å². The Kier molecular flexibility index (Phi) is 6.31. The fraction of sp³-hybridized carbons (Fsp3) is 0. The van der Waals surface area contributed by atoms with Gasteiger partial charge in [0.25, 0.3) is 0 Å². The molecule has 55 heavy (non-hydrogen) atoms. The fourth-order valence-corrected chi connectivity index (χ4v) is 8.86. The minimum atomic E-state index is 0.811. The average Bonchev–Trinajstić information content (AvgIpc) is 3.90. The minimum absolute atomic E-state index is 0.811. The van der Waals surface area contributed by atoms with Crippen LogP contribution in [0.2, 0.25) is 0 Å². The monoisotopic (exact) mass is 701 g/mol. The molecule has 0 spiro atoms. The van der Waals surface area contributed by atoms with Gasteiger partial charge in [-0.2, -0.15) is 0 Å². The first-order chi connectivity index (χ1) is 27.3. The summed E-state index contributed by atoms with van der Waals surface area (Å²) < 4.78 is 11.4. The molecule has 0 saturated heterocycles. The van der Waals surface area contributed by atoms with E-state index >= 15 is 0 Å². The number of para-hydroxylation sites is 5. The van der Waals surface area contributed by atoms with Crippen molar-refractivity contribution in [1.82, 2.24) is 14.1 Å². The number of rotatable bonds is 4. The lowest BCUT2D eigenvalue weighted by Gasteiger charge is -2.13. The normalized spacial score (nSPS) is 12.0. The van der Waals surface area contributed by atoms with E-state index < -0.39 is 0 Å². The number of benzene rings is 8. The molecule has 0 saturated carbocycles. The highest BCUT2D eigenvalue weighted by Crippen LogP contribution is 2.42. The second-order valence-corrected chi connectivity index (χ2v) is 14.3. The van der Waals surface area contributed by atoms with Gasteiger partial charge in [0.1, 0.15) is 11.1 Å². The molecule has 0 amide bonds. The number of fused-ring (bicyclic) bond motifs is 10. The van der Waals surface area contributed by atoms with Crippen LogP contribution in [-0.2, 0) is 0 Å². The van der Waals surface area contributed by atoms with Gasteiger partial charge in [-0.1, -0.05) is 115 Å². The third-order valence-corrected chi connectivity index (χ3v) is 11.3. The van der Waals surface area contributed by atoms with Gasteiger partial charge in [0.2, 0.25) is 0 Å². The van der Waals surface area contributed by atoms with Gasteiger partial charge in [-0.25, -0.2) is 4.98 Å². The zero-order valence-electron chi connectivity index (χ0n) is 29.6. The molecule has 0 N–H and O–H groups in total. The first-order valence-electron chi connectivity index (χ1n) is 18.7. The lowest BCUT2D eigenvalue weighted by molar-refractivity contribution is 0.670. The van der Waals surface area contributed by atoms with Crippen molar-refractivity contribution in [3.63, 3.8) is 0 Å². The summed E-state index contributed by atoms with van der Waals surface area (Å²) in [5.74, 6) is 0. The van der Waals surface area contributed by atoms with Gasteiger partial charge in [0.15, 0.2) is 5.58 Å². The molecule has 12 rings (SSSR count). The maximum absolute atomic E-state index is 6.59. The van der Waals surface area contributed by atoms with Crippen LogP contribution in [0.5, 0.6) is 0 Å². The lowest BCUT2D eigenvalue weighted by Crippen LogP contribution is -1.95. The third kappa shape index (κ3) is 4.43. The van der Waals surface area contributed by atoms with E-state index in [2.05, 4.69) is 179 Å². The first-order valence-corrected chi connectivity index (χ1v) is 18.7. The number of pyridine rings is 1. The Balaban J connectivity index is 1.07. The molecule has 12 aromatic rings. The molecule has 256 valence electrons. The molecule has 0 fully saturated rings. The molecule has 0 radical (unpaired) electrons. The number of aromatic nitrogens is 3. The summed E-state index contributed by atoms with van der Waals surface area (Å²) in [7, 11) is 0. The Labute approximate surface area is 315 Å². The van der Waals surface area contributed by atoms with Gasteiger partial charge in [-0.05, 0) is 89.5 Å². The van der Waals surface area contributed by atoms with Crippen LogP contribution in [0.1, 0.15) is 0 Å². The first kappa shape index (κ1) is 30.1. The van der Waals surface area contributed by atoms with Crippen LogP contribution < -0.4 is 0 Å². The molecule has 4 nitrogen and oxygen atoms in total. The summed E-state index contributed by atoms with van der Waals surface area (Å²) >= 11 is 0. The molecular weight excluding hydrogens is 671 g/mol. The molecule has 0 aliphatic carbocycles. The van der Waals surface area contributed by atoms with Gasteiger partial charge in [-0.15, -0.1) is 0 Å². The summed E-state index contributed by atoms with van der Waals surface area (Å²) in [6.07, 6.45) is 0. The molecule has 0 unspecified atom stereocenters. The minimum Gasteiger partial charge on any atom is -0.454 e. The van der Waals surface area contributed by atoms with Crippen LogP contribution in [0.15, 0.2) is 192 Å². The van der Waals surface area contributed by atoms with E-state index in [4.69, 9.17) is 9.40 Å². The molecule has 0 bridgehead atoms. The summed E-state index contributed by atoms with van der Waals surface area (Å²) in [6, 6.07) is 67.3. The van der Waals surface area contributed by atoms with Crippen molar-refractivity contribution in [3.05, 3.63) is 188 Å². The average molecular weight is 702 g/mol. The van der Waals surface area contributed by atoms with Crippen molar-refractivity contribution in [2.45, 2.75) is 0 Å². The Hall–Kier alpha value is -7.43. The fourth-order valence-electron chi connectivity index (χ4n) is 8.86. The van der Waals surface area contributed by atoms with Crippen molar-refractivity contribution in [3.8, 4) is 33.6 Å². The highest BCUT2D eigenvalue weighted by atomic mass is 16.3. The standard InChI is InChI=1S/C51H31N3O/c1-2-14-35(15-3-1)53-45-23-10-6-18-38(45)42-30-32(26-28-46(42)53)33-25-27-39-37-17-5-9-22-44(37)54(47(39)31-33)36-16-12-13-34(29-36)49-40-19-4-8-21-43(40)52-50-41-20-7-11-24-48(41)55-51(49)50/h1-31H. The Morgan fingerprint density at radius 1 is 0.364 bits per heavy atom. The number of hydrogen-bond acceptors (Lipinski definition) is 2.